The molecule has 0 unspecified atom stereocenters. The average molecular weight is 430 g/mol. The molecular formula is C23H22N6O3. The second-order valence-electron chi connectivity index (χ2n) is 7.45. The van der Waals surface area contributed by atoms with E-state index in [2.05, 4.69) is 25.2 Å². The lowest BCUT2D eigenvalue weighted by molar-refractivity contribution is 0.414. The van der Waals surface area contributed by atoms with E-state index < -0.39 is 0 Å². The van der Waals surface area contributed by atoms with Gasteiger partial charge in [-0.3, -0.25) is 4.57 Å². The SMILES string of the molecule is COc1ccc(CN2CNc3c4nc(=O)n(Cc5ccc(OC)cc5)c-4ncnc32)cc1. The number of methoxy groups -OCH3 is 2. The Morgan fingerprint density at radius 3 is 2.16 bits per heavy atom. The molecule has 3 heterocycles. The summed E-state index contributed by atoms with van der Waals surface area (Å²) in [6.45, 7) is 1.58. The number of nitrogens with one attached hydrogen (secondary N) is 1. The van der Waals surface area contributed by atoms with Gasteiger partial charge < -0.3 is 19.7 Å². The van der Waals surface area contributed by atoms with Crippen molar-refractivity contribution in [3.05, 3.63) is 76.5 Å². The molecule has 5 rings (SSSR count). The first-order valence-electron chi connectivity index (χ1n) is 10.2. The van der Waals surface area contributed by atoms with Crippen LogP contribution in [-0.2, 0) is 13.1 Å². The molecule has 2 aromatic rings. The summed E-state index contributed by atoms with van der Waals surface area (Å²) in [6, 6.07) is 15.5. The van der Waals surface area contributed by atoms with Gasteiger partial charge in [-0.2, -0.15) is 4.98 Å². The van der Waals surface area contributed by atoms with Gasteiger partial charge in [-0.1, -0.05) is 24.3 Å². The first-order valence-corrected chi connectivity index (χ1v) is 10.2. The minimum Gasteiger partial charge on any atom is -0.497 e. The Morgan fingerprint density at radius 2 is 1.53 bits per heavy atom. The zero-order valence-corrected chi connectivity index (χ0v) is 17.8. The second kappa shape index (κ2) is 8.18. The van der Waals surface area contributed by atoms with Crippen LogP contribution < -0.4 is 25.4 Å². The van der Waals surface area contributed by atoms with Crippen LogP contribution in [0, 0.1) is 0 Å². The minimum absolute atomic E-state index is 0.341. The topological polar surface area (TPSA) is 94.4 Å². The van der Waals surface area contributed by atoms with Crippen molar-refractivity contribution >= 4 is 11.5 Å². The summed E-state index contributed by atoms with van der Waals surface area (Å²) in [5.41, 5.74) is 2.97. The van der Waals surface area contributed by atoms with Crippen LogP contribution in [0.3, 0.4) is 0 Å². The van der Waals surface area contributed by atoms with Gasteiger partial charge in [0.15, 0.2) is 11.6 Å². The van der Waals surface area contributed by atoms with Crippen molar-refractivity contribution in [3.63, 3.8) is 0 Å². The van der Waals surface area contributed by atoms with E-state index in [9.17, 15) is 4.79 Å². The second-order valence-corrected chi connectivity index (χ2v) is 7.45. The molecule has 0 saturated heterocycles. The number of benzene rings is 2. The summed E-state index contributed by atoms with van der Waals surface area (Å²) in [5.74, 6) is 2.80. The highest BCUT2D eigenvalue weighted by Gasteiger charge is 2.28. The van der Waals surface area contributed by atoms with Crippen LogP contribution in [0.5, 0.6) is 11.5 Å². The van der Waals surface area contributed by atoms with E-state index in [0.717, 1.165) is 34.1 Å². The minimum atomic E-state index is -0.341. The molecule has 162 valence electrons. The maximum Gasteiger partial charge on any atom is 0.350 e. The summed E-state index contributed by atoms with van der Waals surface area (Å²) in [4.78, 5) is 28.1. The molecule has 0 spiro atoms. The van der Waals surface area contributed by atoms with Crippen LogP contribution in [0.2, 0.25) is 0 Å². The number of hydrogen-bond donors (Lipinski definition) is 1. The normalized spacial score (nSPS) is 12.5. The van der Waals surface area contributed by atoms with E-state index >= 15 is 0 Å². The van der Waals surface area contributed by atoms with E-state index in [4.69, 9.17) is 9.47 Å². The number of ether oxygens (including phenoxy) is 2. The predicted octanol–water partition coefficient (Wildman–Crippen LogP) is 2.59. The lowest BCUT2D eigenvalue weighted by atomic mass is 10.2. The Balaban J connectivity index is 1.45. The van der Waals surface area contributed by atoms with Crippen molar-refractivity contribution in [3.8, 4) is 23.0 Å². The first-order chi connectivity index (χ1) is 15.7. The summed E-state index contributed by atoms with van der Waals surface area (Å²) in [6.07, 6.45) is 1.49. The lowest BCUT2D eigenvalue weighted by Crippen LogP contribution is -2.22. The number of fused-ring (bicyclic) bond motifs is 3. The maximum absolute atomic E-state index is 12.7. The molecule has 9 heteroatoms. The number of rotatable bonds is 6. The van der Waals surface area contributed by atoms with Crippen molar-refractivity contribution in [1.29, 1.82) is 0 Å². The Bertz CT molecular complexity index is 1270. The summed E-state index contributed by atoms with van der Waals surface area (Å²) < 4.78 is 12.0. The number of anilines is 2. The largest absolute Gasteiger partial charge is 0.497 e. The van der Waals surface area contributed by atoms with Crippen molar-refractivity contribution in [1.82, 2.24) is 19.5 Å². The smallest absolute Gasteiger partial charge is 0.350 e. The highest BCUT2D eigenvalue weighted by molar-refractivity contribution is 5.83. The third-order valence-electron chi connectivity index (χ3n) is 5.50. The zero-order valence-electron chi connectivity index (χ0n) is 17.8. The van der Waals surface area contributed by atoms with Gasteiger partial charge in [0.25, 0.3) is 0 Å². The predicted molar refractivity (Wildman–Crippen MR) is 120 cm³/mol. The van der Waals surface area contributed by atoms with E-state index in [-0.39, 0.29) is 5.69 Å². The van der Waals surface area contributed by atoms with Crippen LogP contribution >= 0.6 is 0 Å². The average Bonchev–Trinajstić information content (AvgIpc) is 3.29. The van der Waals surface area contributed by atoms with Crippen molar-refractivity contribution < 1.29 is 9.47 Å². The van der Waals surface area contributed by atoms with Crippen molar-refractivity contribution in [2.24, 2.45) is 0 Å². The fourth-order valence-electron chi connectivity index (χ4n) is 3.82. The molecule has 9 nitrogen and oxygen atoms in total. The molecule has 0 saturated carbocycles. The van der Waals surface area contributed by atoms with Crippen molar-refractivity contribution in [2.75, 3.05) is 31.1 Å². The fraction of sp³-hybridized carbons (Fsp3) is 0.217. The lowest BCUT2D eigenvalue weighted by Gasteiger charge is -2.16. The standard InChI is InChI=1S/C23H22N6O3/c1-31-17-7-3-15(4-8-17)11-28-14-26-19-20-22(25-13-24-21(19)28)29(23(30)27-20)12-16-5-9-18(32-2)10-6-16/h3-10,13,26H,11-12,14H2,1-2H3. The van der Waals surface area contributed by atoms with Gasteiger partial charge in [0.1, 0.15) is 29.2 Å². The van der Waals surface area contributed by atoms with Gasteiger partial charge in [0, 0.05) is 6.54 Å². The molecule has 1 N–H and O–H groups in total. The van der Waals surface area contributed by atoms with Crippen LogP contribution in [-0.4, -0.2) is 40.4 Å². The Hall–Kier alpha value is -4.14. The van der Waals surface area contributed by atoms with Gasteiger partial charge in [0.05, 0.1) is 27.4 Å². The molecule has 0 atom stereocenters. The first kappa shape index (κ1) is 19.8. The summed E-state index contributed by atoms with van der Waals surface area (Å²) in [5, 5.41) is 3.34. The highest BCUT2D eigenvalue weighted by Crippen LogP contribution is 2.36. The van der Waals surface area contributed by atoms with Crippen LogP contribution in [0.15, 0.2) is 59.7 Å². The van der Waals surface area contributed by atoms with Gasteiger partial charge >= 0.3 is 5.69 Å². The molecule has 0 radical (unpaired) electrons. The monoisotopic (exact) mass is 430 g/mol. The van der Waals surface area contributed by atoms with Gasteiger partial charge in [-0.05, 0) is 35.4 Å². The number of imidazole rings is 1. The molecule has 3 aliphatic heterocycles. The highest BCUT2D eigenvalue weighted by atomic mass is 16.5. The molecule has 0 fully saturated rings. The van der Waals surface area contributed by atoms with Gasteiger partial charge in [0.2, 0.25) is 0 Å². The maximum atomic E-state index is 12.7. The van der Waals surface area contributed by atoms with Gasteiger partial charge in [-0.15, -0.1) is 0 Å². The third kappa shape index (κ3) is 3.58. The molecule has 2 aromatic carbocycles. The summed E-state index contributed by atoms with van der Waals surface area (Å²) >= 11 is 0. The fourth-order valence-corrected chi connectivity index (χ4v) is 3.82. The van der Waals surface area contributed by atoms with Crippen LogP contribution in [0.25, 0.3) is 11.5 Å². The molecule has 0 amide bonds. The zero-order chi connectivity index (χ0) is 22.1. The Kier molecular flexibility index (Phi) is 5.06. The molecule has 0 aliphatic carbocycles. The molecule has 32 heavy (non-hydrogen) atoms. The summed E-state index contributed by atoms with van der Waals surface area (Å²) in [7, 11) is 3.27. The number of nitrogens with zero attached hydrogens (tertiary/aromatic N) is 5. The Morgan fingerprint density at radius 1 is 0.906 bits per heavy atom. The van der Waals surface area contributed by atoms with Crippen LogP contribution in [0.4, 0.5) is 11.5 Å². The molecule has 3 aliphatic rings. The van der Waals surface area contributed by atoms with E-state index in [1.807, 2.05) is 48.5 Å². The van der Waals surface area contributed by atoms with E-state index in [0.29, 0.717) is 31.3 Å². The number of aromatic nitrogens is 4. The van der Waals surface area contributed by atoms with Crippen molar-refractivity contribution in [2.45, 2.75) is 13.1 Å². The third-order valence-corrected chi connectivity index (χ3v) is 5.50. The molecule has 0 bridgehead atoms. The Labute approximate surface area is 184 Å². The van der Waals surface area contributed by atoms with Crippen LogP contribution in [0.1, 0.15) is 11.1 Å². The van der Waals surface area contributed by atoms with E-state index in [1.165, 1.54) is 6.33 Å². The van der Waals surface area contributed by atoms with E-state index in [1.54, 1.807) is 18.8 Å². The quantitative estimate of drug-likeness (QED) is 0.499. The van der Waals surface area contributed by atoms with Gasteiger partial charge in [-0.25, -0.2) is 14.8 Å². The molecular weight excluding hydrogens is 408 g/mol. The molecule has 0 aromatic heterocycles. The number of hydrogen-bond acceptors (Lipinski definition) is 8.